The van der Waals surface area contributed by atoms with Crippen LogP contribution in [0.3, 0.4) is 0 Å². The molecule has 2 heteroatoms. The zero-order valence-corrected chi connectivity index (χ0v) is 13.6. The van der Waals surface area contributed by atoms with Crippen molar-refractivity contribution in [1.29, 1.82) is 0 Å². The number of likely N-dealkylation sites (tertiary alicyclic amines) is 1. The Morgan fingerprint density at radius 1 is 1.16 bits per heavy atom. The standard InChI is InChI=1S/C17H32N2/c1-15(2)6-7-17-8-10-19(11-9-17)13-12-18(5)14-16(3)4/h15-17H,8-14H2,1-5H3. The lowest BCUT2D eigenvalue weighted by Gasteiger charge is -2.31. The second-order valence-corrected chi connectivity index (χ2v) is 6.72. The lowest BCUT2D eigenvalue weighted by molar-refractivity contribution is 0.175. The van der Waals surface area contributed by atoms with Gasteiger partial charge in [-0.25, -0.2) is 0 Å². The Bertz CT molecular complexity index is 290. The van der Waals surface area contributed by atoms with Gasteiger partial charge in [0.15, 0.2) is 0 Å². The van der Waals surface area contributed by atoms with Gasteiger partial charge >= 0.3 is 0 Å². The molecule has 0 aromatic carbocycles. The van der Waals surface area contributed by atoms with E-state index in [1.807, 2.05) is 0 Å². The van der Waals surface area contributed by atoms with Crippen molar-refractivity contribution >= 4 is 0 Å². The molecular weight excluding hydrogens is 232 g/mol. The van der Waals surface area contributed by atoms with Crippen LogP contribution in [-0.4, -0.2) is 49.6 Å². The summed E-state index contributed by atoms with van der Waals surface area (Å²) in [5, 5.41) is 0. The summed E-state index contributed by atoms with van der Waals surface area (Å²) in [6, 6.07) is 0. The van der Waals surface area contributed by atoms with Gasteiger partial charge in [-0.3, -0.25) is 0 Å². The fraction of sp³-hybridized carbons (Fsp3) is 0.882. The highest BCUT2D eigenvalue weighted by molar-refractivity contribution is 5.06. The van der Waals surface area contributed by atoms with E-state index < -0.39 is 0 Å². The van der Waals surface area contributed by atoms with Gasteiger partial charge in [0.05, 0.1) is 0 Å². The van der Waals surface area contributed by atoms with E-state index in [0.717, 1.165) is 5.92 Å². The smallest absolute Gasteiger partial charge is 0.0227 e. The Balaban J connectivity index is 2.18. The second-order valence-electron chi connectivity index (χ2n) is 6.72. The van der Waals surface area contributed by atoms with E-state index in [4.69, 9.17) is 0 Å². The third kappa shape index (κ3) is 7.60. The van der Waals surface area contributed by atoms with Crippen molar-refractivity contribution < 1.29 is 0 Å². The van der Waals surface area contributed by atoms with Gasteiger partial charge in [-0.2, -0.15) is 0 Å². The summed E-state index contributed by atoms with van der Waals surface area (Å²) in [5.41, 5.74) is 0. The Hall–Kier alpha value is -0.520. The minimum absolute atomic E-state index is 0.516. The van der Waals surface area contributed by atoms with Gasteiger partial charge in [-0.1, -0.05) is 33.6 Å². The number of rotatable bonds is 5. The van der Waals surface area contributed by atoms with Crippen LogP contribution in [0.1, 0.15) is 40.5 Å². The molecule has 2 nitrogen and oxygen atoms in total. The molecule has 0 unspecified atom stereocenters. The fourth-order valence-corrected chi connectivity index (χ4v) is 2.61. The van der Waals surface area contributed by atoms with Crippen molar-refractivity contribution in [2.24, 2.45) is 17.8 Å². The highest BCUT2D eigenvalue weighted by atomic mass is 15.2. The van der Waals surface area contributed by atoms with E-state index in [2.05, 4.69) is 56.4 Å². The quantitative estimate of drug-likeness (QED) is 0.705. The summed E-state index contributed by atoms with van der Waals surface area (Å²) >= 11 is 0. The van der Waals surface area contributed by atoms with E-state index >= 15 is 0 Å². The highest BCUT2D eigenvalue weighted by Crippen LogP contribution is 2.16. The van der Waals surface area contributed by atoms with Crippen LogP contribution in [0.15, 0.2) is 0 Å². The molecule has 1 heterocycles. The normalized spacial score (nSPS) is 18.1. The van der Waals surface area contributed by atoms with Crippen molar-refractivity contribution in [2.45, 2.75) is 40.5 Å². The largest absolute Gasteiger partial charge is 0.305 e. The first-order valence-corrected chi connectivity index (χ1v) is 7.89. The molecule has 0 saturated carbocycles. The first kappa shape index (κ1) is 16.5. The van der Waals surface area contributed by atoms with Gasteiger partial charge in [0.2, 0.25) is 0 Å². The minimum atomic E-state index is 0.516. The summed E-state index contributed by atoms with van der Waals surface area (Å²) < 4.78 is 0. The van der Waals surface area contributed by atoms with Gasteiger partial charge in [-0.15, -0.1) is 5.92 Å². The second kappa shape index (κ2) is 8.61. The van der Waals surface area contributed by atoms with Gasteiger partial charge in [0.1, 0.15) is 0 Å². The molecule has 1 aliphatic rings. The predicted molar refractivity (Wildman–Crippen MR) is 84.1 cm³/mol. The first-order chi connectivity index (χ1) is 8.97. The van der Waals surface area contributed by atoms with E-state index in [9.17, 15) is 0 Å². The Labute approximate surface area is 120 Å². The van der Waals surface area contributed by atoms with E-state index in [0.29, 0.717) is 11.8 Å². The molecule has 1 aliphatic heterocycles. The number of hydrogen-bond acceptors (Lipinski definition) is 2. The number of hydrogen-bond donors (Lipinski definition) is 0. The summed E-state index contributed by atoms with van der Waals surface area (Å²) in [6.07, 6.45) is 2.52. The molecule has 0 atom stereocenters. The Morgan fingerprint density at radius 2 is 1.79 bits per heavy atom. The average molecular weight is 264 g/mol. The van der Waals surface area contributed by atoms with Crippen LogP contribution in [0.4, 0.5) is 0 Å². The third-order valence-corrected chi connectivity index (χ3v) is 3.64. The SMILES string of the molecule is CC(C)C#CC1CCN(CCN(C)CC(C)C)CC1. The van der Waals surface area contributed by atoms with Crippen molar-refractivity contribution in [3.63, 3.8) is 0 Å². The molecule has 0 N–H and O–H groups in total. The van der Waals surface area contributed by atoms with Crippen molar-refractivity contribution in [3.05, 3.63) is 0 Å². The lowest BCUT2D eigenvalue weighted by Crippen LogP contribution is -2.39. The molecule has 0 aromatic rings. The predicted octanol–water partition coefficient (Wildman–Crippen LogP) is 2.95. The summed E-state index contributed by atoms with van der Waals surface area (Å²) in [5.74, 6) is 8.70. The molecule has 0 aliphatic carbocycles. The lowest BCUT2D eigenvalue weighted by atomic mass is 9.97. The van der Waals surface area contributed by atoms with E-state index in [-0.39, 0.29) is 0 Å². The molecule has 19 heavy (non-hydrogen) atoms. The monoisotopic (exact) mass is 264 g/mol. The molecule has 0 amide bonds. The molecule has 0 aromatic heterocycles. The topological polar surface area (TPSA) is 6.48 Å². The van der Waals surface area contributed by atoms with Crippen LogP contribution in [0.2, 0.25) is 0 Å². The molecule has 1 fully saturated rings. The van der Waals surface area contributed by atoms with Crippen LogP contribution in [0.25, 0.3) is 0 Å². The van der Waals surface area contributed by atoms with Crippen LogP contribution in [-0.2, 0) is 0 Å². The molecular formula is C17H32N2. The summed E-state index contributed by atoms with van der Waals surface area (Å²) in [4.78, 5) is 5.06. The number of piperidine rings is 1. The maximum absolute atomic E-state index is 3.45. The summed E-state index contributed by atoms with van der Waals surface area (Å²) in [6.45, 7) is 15.0. The van der Waals surface area contributed by atoms with E-state index in [1.165, 1.54) is 45.6 Å². The Morgan fingerprint density at radius 3 is 2.32 bits per heavy atom. The zero-order chi connectivity index (χ0) is 14.3. The van der Waals surface area contributed by atoms with Crippen LogP contribution in [0, 0.1) is 29.6 Å². The molecule has 110 valence electrons. The summed E-state index contributed by atoms with van der Waals surface area (Å²) in [7, 11) is 2.24. The fourth-order valence-electron chi connectivity index (χ4n) is 2.61. The molecule has 0 radical (unpaired) electrons. The van der Waals surface area contributed by atoms with Gasteiger partial charge < -0.3 is 9.80 Å². The maximum atomic E-state index is 3.45. The van der Waals surface area contributed by atoms with Gasteiger partial charge in [-0.05, 0) is 38.9 Å². The molecule has 0 spiro atoms. The van der Waals surface area contributed by atoms with E-state index in [1.54, 1.807) is 0 Å². The average Bonchev–Trinajstić information content (AvgIpc) is 2.34. The number of likely N-dealkylation sites (N-methyl/N-ethyl adjacent to an activating group) is 1. The van der Waals surface area contributed by atoms with Crippen molar-refractivity contribution in [2.75, 3.05) is 39.8 Å². The first-order valence-electron chi connectivity index (χ1n) is 7.89. The van der Waals surface area contributed by atoms with Gasteiger partial charge in [0.25, 0.3) is 0 Å². The van der Waals surface area contributed by atoms with Crippen molar-refractivity contribution in [1.82, 2.24) is 9.80 Å². The maximum Gasteiger partial charge on any atom is 0.0227 e. The zero-order valence-electron chi connectivity index (χ0n) is 13.6. The van der Waals surface area contributed by atoms with Crippen LogP contribution in [0.5, 0.6) is 0 Å². The third-order valence-electron chi connectivity index (χ3n) is 3.64. The number of nitrogens with zero attached hydrogens (tertiary/aromatic N) is 2. The van der Waals surface area contributed by atoms with Crippen molar-refractivity contribution in [3.8, 4) is 11.8 Å². The minimum Gasteiger partial charge on any atom is -0.305 e. The van der Waals surface area contributed by atoms with Crippen LogP contribution < -0.4 is 0 Å². The highest BCUT2D eigenvalue weighted by Gasteiger charge is 2.17. The molecule has 0 bridgehead atoms. The Kier molecular flexibility index (Phi) is 7.49. The van der Waals surface area contributed by atoms with Crippen LogP contribution >= 0.6 is 0 Å². The molecule has 1 saturated heterocycles. The van der Waals surface area contributed by atoms with Gasteiger partial charge in [0, 0.05) is 31.5 Å². The molecule has 1 rings (SSSR count).